The van der Waals surface area contributed by atoms with Crippen LogP contribution in [0.25, 0.3) is 0 Å². The zero-order valence-corrected chi connectivity index (χ0v) is 15.2. The third-order valence-electron chi connectivity index (χ3n) is 4.69. The zero-order chi connectivity index (χ0) is 18.5. The van der Waals surface area contributed by atoms with Gasteiger partial charge in [-0.05, 0) is 67.9 Å². The summed E-state index contributed by atoms with van der Waals surface area (Å²) >= 11 is 6.03. The Morgan fingerprint density at radius 2 is 1.81 bits per heavy atom. The van der Waals surface area contributed by atoms with E-state index in [-0.39, 0.29) is 11.8 Å². The van der Waals surface area contributed by atoms with Gasteiger partial charge in [0.05, 0.1) is 0 Å². The lowest BCUT2D eigenvalue weighted by Gasteiger charge is -2.31. The first-order chi connectivity index (χ1) is 12.5. The molecule has 5 nitrogen and oxygen atoms in total. The van der Waals surface area contributed by atoms with Gasteiger partial charge in [-0.25, -0.2) is 0 Å². The van der Waals surface area contributed by atoms with E-state index in [1.807, 2.05) is 18.2 Å². The molecule has 3 N–H and O–H groups in total. The van der Waals surface area contributed by atoms with E-state index in [1.54, 1.807) is 24.3 Å². The van der Waals surface area contributed by atoms with Crippen LogP contribution in [-0.4, -0.2) is 29.8 Å². The first kappa shape index (κ1) is 18.4. The van der Waals surface area contributed by atoms with Crippen LogP contribution in [0.15, 0.2) is 48.5 Å². The van der Waals surface area contributed by atoms with Crippen molar-refractivity contribution >= 4 is 29.1 Å². The standard InChI is InChI=1S/C20H22ClN3O2/c21-17-3-1-2-14(12-17)13-24-10-8-16(9-11-24)20(26)23-18-6-4-15(5-7-18)19(22)25/h1-7,12,16H,8-11,13H2,(H2,22,25)(H,23,26). The Bertz CT molecular complexity index is 784. The van der Waals surface area contributed by atoms with Gasteiger partial charge in [0, 0.05) is 28.7 Å². The Kier molecular flexibility index (Phi) is 5.91. The fraction of sp³-hybridized carbons (Fsp3) is 0.300. The number of nitrogens with one attached hydrogen (secondary N) is 1. The van der Waals surface area contributed by atoms with Crippen LogP contribution >= 0.6 is 11.6 Å². The Balaban J connectivity index is 1.49. The summed E-state index contributed by atoms with van der Waals surface area (Å²) < 4.78 is 0. The molecule has 1 fully saturated rings. The van der Waals surface area contributed by atoms with Crippen molar-refractivity contribution in [2.45, 2.75) is 19.4 Å². The monoisotopic (exact) mass is 371 g/mol. The van der Waals surface area contributed by atoms with Crippen LogP contribution in [-0.2, 0) is 11.3 Å². The minimum atomic E-state index is -0.477. The van der Waals surface area contributed by atoms with E-state index in [2.05, 4.69) is 16.3 Å². The summed E-state index contributed by atoms with van der Waals surface area (Å²) in [5.74, 6) is -0.449. The predicted octanol–water partition coefficient (Wildman–Crippen LogP) is 3.29. The van der Waals surface area contributed by atoms with Gasteiger partial charge in [-0.2, -0.15) is 0 Å². The van der Waals surface area contributed by atoms with E-state index in [1.165, 1.54) is 5.56 Å². The van der Waals surface area contributed by atoms with Gasteiger partial charge in [-0.3, -0.25) is 14.5 Å². The average Bonchev–Trinajstić information content (AvgIpc) is 2.63. The highest BCUT2D eigenvalue weighted by molar-refractivity contribution is 6.30. The normalized spacial score (nSPS) is 15.6. The SMILES string of the molecule is NC(=O)c1ccc(NC(=O)C2CCN(Cc3cccc(Cl)c3)CC2)cc1. The molecule has 1 aliphatic heterocycles. The lowest BCUT2D eigenvalue weighted by molar-refractivity contribution is -0.121. The molecule has 0 unspecified atom stereocenters. The molecule has 2 aromatic rings. The molecular formula is C20H22ClN3O2. The Morgan fingerprint density at radius 3 is 2.42 bits per heavy atom. The lowest BCUT2D eigenvalue weighted by atomic mass is 9.95. The summed E-state index contributed by atoms with van der Waals surface area (Å²) in [6, 6.07) is 14.5. The van der Waals surface area contributed by atoms with Gasteiger partial charge in [0.1, 0.15) is 0 Å². The third kappa shape index (κ3) is 4.84. The largest absolute Gasteiger partial charge is 0.366 e. The Hall–Kier alpha value is -2.37. The molecule has 0 bridgehead atoms. The number of primary amides is 1. The van der Waals surface area contributed by atoms with Crippen molar-refractivity contribution in [3.63, 3.8) is 0 Å². The topological polar surface area (TPSA) is 75.4 Å². The molecule has 0 saturated carbocycles. The molecule has 2 amide bonds. The fourth-order valence-electron chi connectivity index (χ4n) is 3.21. The van der Waals surface area contributed by atoms with Crippen LogP contribution in [0.5, 0.6) is 0 Å². The number of likely N-dealkylation sites (tertiary alicyclic amines) is 1. The van der Waals surface area contributed by atoms with Gasteiger partial charge in [-0.1, -0.05) is 23.7 Å². The van der Waals surface area contributed by atoms with E-state index in [9.17, 15) is 9.59 Å². The van der Waals surface area contributed by atoms with Crippen LogP contribution in [0.2, 0.25) is 5.02 Å². The number of piperidine rings is 1. The summed E-state index contributed by atoms with van der Waals surface area (Å²) in [5.41, 5.74) is 7.52. The number of halogens is 1. The van der Waals surface area contributed by atoms with E-state index in [4.69, 9.17) is 17.3 Å². The van der Waals surface area contributed by atoms with Gasteiger partial charge >= 0.3 is 0 Å². The van der Waals surface area contributed by atoms with Crippen molar-refractivity contribution in [1.82, 2.24) is 4.90 Å². The van der Waals surface area contributed by atoms with E-state index in [0.717, 1.165) is 37.5 Å². The van der Waals surface area contributed by atoms with Gasteiger partial charge < -0.3 is 11.1 Å². The smallest absolute Gasteiger partial charge is 0.248 e. The maximum atomic E-state index is 12.5. The predicted molar refractivity (Wildman–Crippen MR) is 103 cm³/mol. The highest BCUT2D eigenvalue weighted by Gasteiger charge is 2.25. The number of carbonyl (C=O) groups excluding carboxylic acids is 2. The number of anilines is 1. The van der Waals surface area contributed by atoms with Gasteiger partial charge in [0.2, 0.25) is 11.8 Å². The molecular weight excluding hydrogens is 350 g/mol. The van der Waals surface area contributed by atoms with Crippen molar-refractivity contribution < 1.29 is 9.59 Å². The zero-order valence-electron chi connectivity index (χ0n) is 14.5. The van der Waals surface area contributed by atoms with Crippen molar-refractivity contribution in [3.8, 4) is 0 Å². The van der Waals surface area contributed by atoms with Gasteiger partial charge in [0.25, 0.3) is 0 Å². The summed E-state index contributed by atoms with van der Waals surface area (Å²) in [6.45, 7) is 2.61. The molecule has 2 aromatic carbocycles. The number of nitrogens with two attached hydrogens (primary N) is 1. The minimum Gasteiger partial charge on any atom is -0.366 e. The average molecular weight is 372 g/mol. The molecule has 1 heterocycles. The first-order valence-corrected chi connectivity index (χ1v) is 9.06. The molecule has 3 rings (SSSR count). The molecule has 0 aliphatic carbocycles. The maximum absolute atomic E-state index is 12.5. The minimum absolute atomic E-state index is 0.00132. The molecule has 1 aliphatic rings. The summed E-state index contributed by atoms with van der Waals surface area (Å²) in [6.07, 6.45) is 1.65. The second-order valence-corrected chi connectivity index (χ2v) is 7.05. The molecule has 136 valence electrons. The van der Waals surface area contributed by atoms with E-state index < -0.39 is 5.91 Å². The van der Waals surface area contributed by atoms with Crippen LogP contribution < -0.4 is 11.1 Å². The molecule has 0 spiro atoms. The number of nitrogens with zero attached hydrogens (tertiary/aromatic N) is 1. The van der Waals surface area contributed by atoms with E-state index in [0.29, 0.717) is 11.3 Å². The number of hydrogen-bond donors (Lipinski definition) is 2. The molecule has 6 heteroatoms. The second-order valence-electron chi connectivity index (χ2n) is 6.61. The molecule has 0 radical (unpaired) electrons. The number of benzene rings is 2. The summed E-state index contributed by atoms with van der Waals surface area (Å²) in [5, 5.41) is 3.67. The number of amides is 2. The van der Waals surface area contributed by atoms with Crippen molar-refractivity contribution in [2.75, 3.05) is 18.4 Å². The number of hydrogen-bond acceptors (Lipinski definition) is 3. The number of rotatable bonds is 5. The Morgan fingerprint density at radius 1 is 1.12 bits per heavy atom. The van der Waals surface area contributed by atoms with Crippen LogP contribution in [0.4, 0.5) is 5.69 Å². The summed E-state index contributed by atoms with van der Waals surface area (Å²) in [7, 11) is 0. The van der Waals surface area contributed by atoms with Crippen LogP contribution in [0.3, 0.4) is 0 Å². The molecule has 0 atom stereocenters. The second kappa shape index (κ2) is 8.34. The van der Waals surface area contributed by atoms with Gasteiger partial charge in [0.15, 0.2) is 0 Å². The highest BCUT2D eigenvalue weighted by atomic mass is 35.5. The van der Waals surface area contributed by atoms with Crippen molar-refractivity contribution in [2.24, 2.45) is 11.7 Å². The van der Waals surface area contributed by atoms with E-state index >= 15 is 0 Å². The Labute approximate surface area is 158 Å². The third-order valence-corrected chi connectivity index (χ3v) is 4.93. The van der Waals surface area contributed by atoms with Crippen LogP contribution in [0.1, 0.15) is 28.8 Å². The quantitative estimate of drug-likeness (QED) is 0.846. The van der Waals surface area contributed by atoms with Crippen molar-refractivity contribution in [3.05, 3.63) is 64.7 Å². The molecule has 0 aromatic heterocycles. The first-order valence-electron chi connectivity index (χ1n) is 8.69. The molecule has 1 saturated heterocycles. The maximum Gasteiger partial charge on any atom is 0.248 e. The lowest BCUT2D eigenvalue weighted by Crippen LogP contribution is -2.37. The highest BCUT2D eigenvalue weighted by Crippen LogP contribution is 2.22. The molecule has 26 heavy (non-hydrogen) atoms. The van der Waals surface area contributed by atoms with Crippen LogP contribution in [0, 0.1) is 5.92 Å². The number of carbonyl (C=O) groups is 2. The fourth-order valence-corrected chi connectivity index (χ4v) is 3.42. The summed E-state index contributed by atoms with van der Waals surface area (Å²) in [4.78, 5) is 25.9. The van der Waals surface area contributed by atoms with Gasteiger partial charge in [-0.15, -0.1) is 0 Å². The van der Waals surface area contributed by atoms with Crippen molar-refractivity contribution in [1.29, 1.82) is 0 Å².